The van der Waals surface area contributed by atoms with Gasteiger partial charge in [-0.1, -0.05) is 23.8 Å². The Kier molecular flexibility index (Phi) is 5.81. The molecule has 0 fully saturated rings. The van der Waals surface area contributed by atoms with E-state index in [4.69, 9.17) is 33.3 Å². The molecule has 0 aromatic heterocycles. The summed E-state index contributed by atoms with van der Waals surface area (Å²) in [5, 5.41) is 3.83. The highest BCUT2D eigenvalue weighted by Gasteiger charge is 2.03. The third kappa shape index (κ3) is 4.48. The molecule has 0 radical (unpaired) electrons. The molecule has 2 aromatic carbocycles. The van der Waals surface area contributed by atoms with E-state index in [1.807, 2.05) is 36.4 Å². The summed E-state index contributed by atoms with van der Waals surface area (Å²) in [7, 11) is 3.22. The molecule has 5 heteroatoms. The zero-order valence-electron chi connectivity index (χ0n) is 12.3. The van der Waals surface area contributed by atoms with Crippen LogP contribution in [0.2, 0.25) is 5.02 Å². The third-order valence-electron chi connectivity index (χ3n) is 2.97. The normalized spacial score (nSPS) is 11.0. The smallest absolute Gasteiger partial charge is 0.192 e. The molecule has 2 aromatic rings. The number of ether oxygens (including phenoxy) is 2. The van der Waals surface area contributed by atoms with Gasteiger partial charge in [0.25, 0.3) is 0 Å². The van der Waals surface area contributed by atoms with Gasteiger partial charge >= 0.3 is 0 Å². The largest absolute Gasteiger partial charge is 0.497 e. The Hall–Kier alpha value is -2.04. The van der Waals surface area contributed by atoms with E-state index in [9.17, 15) is 0 Å². The molecule has 0 atom stereocenters. The summed E-state index contributed by atoms with van der Waals surface area (Å²) in [6.07, 6.45) is 1.77. The lowest BCUT2D eigenvalue weighted by molar-refractivity contribution is 0.298. The number of halogens is 1. The Bertz CT molecular complexity index is 666. The first kappa shape index (κ1) is 16.3. The maximum absolute atomic E-state index is 5.87. The molecule has 0 amide bonds. The fraction of sp³-hybridized carbons (Fsp3) is 0.118. The van der Waals surface area contributed by atoms with Gasteiger partial charge in [-0.05, 0) is 54.1 Å². The number of thiocarbonyl (C=S) groups is 1. The van der Waals surface area contributed by atoms with E-state index < -0.39 is 0 Å². The minimum Gasteiger partial charge on any atom is -0.497 e. The SMILES string of the molecule is CO/C(=C/C(=S)c1ccc(OC)cc1)Nc1ccc(Cl)cc1. The van der Waals surface area contributed by atoms with Gasteiger partial charge in [-0.3, -0.25) is 0 Å². The highest BCUT2D eigenvalue weighted by Crippen LogP contribution is 2.17. The van der Waals surface area contributed by atoms with Crippen molar-refractivity contribution in [3.63, 3.8) is 0 Å². The van der Waals surface area contributed by atoms with Gasteiger partial charge in [0.2, 0.25) is 0 Å². The van der Waals surface area contributed by atoms with Gasteiger partial charge in [-0.15, -0.1) is 0 Å². The van der Waals surface area contributed by atoms with Crippen LogP contribution in [-0.2, 0) is 4.74 Å². The summed E-state index contributed by atoms with van der Waals surface area (Å²) in [5.74, 6) is 1.35. The maximum Gasteiger partial charge on any atom is 0.192 e. The van der Waals surface area contributed by atoms with Gasteiger partial charge in [0.1, 0.15) is 5.75 Å². The lowest BCUT2D eigenvalue weighted by atomic mass is 10.1. The Balaban J connectivity index is 2.12. The van der Waals surface area contributed by atoms with Crippen molar-refractivity contribution in [1.82, 2.24) is 0 Å². The summed E-state index contributed by atoms with van der Waals surface area (Å²) in [6.45, 7) is 0. The first-order valence-corrected chi connectivity index (χ1v) is 7.37. The fourth-order valence-electron chi connectivity index (χ4n) is 1.78. The van der Waals surface area contributed by atoms with E-state index in [-0.39, 0.29) is 0 Å². The second kappa shape index (κ2) is 7.82. The Morgan fingerprint density at radius 1 is 1.05 bits per heavy atom. The molecule has 2 rings (SSSR count). The van der Waals surface area contributed by atoms with Crippen LogP contribution in [0, 0.1) is 0 Å². The minimum atomic E-state index is 0.558. The van der Waals surface area contributed by atoms with Crippen LogP contribution < -0.4 is 10.1 Å². The molecule has 0 heterocycles. The monoisotopic (exact) mass is 333 g/mol. The predicted molar refractivity (Wildman–Crippen MR) is 94.9 cm³/mol. The van der Waals surface area contributed by atoms with Crippen molar-refractivity contribution in [2.75, 3.05) is 19.5 Å². The Morgan fingerprint density at radius 3 is 2.23 bits per heavy atom. The Morgan fingerprint density at radius 2 is 1.68 bits per heavy atom. The molecular formula is C17H16ClNO2S. The highest BCUT2D eigenvalue weighted by atomic mass is 35.5. The molecule has 3 nitrogen and oxygen atoms in total. The molecule has 114 valence electrons. The first-order chi connectivity index (χ1) is 10.6. The van der Waals surface area contributed by atoms with Crippen LogP contribution in [0.1, 0.15) is 5.56 Å². The molecule has 0 bridgehead atoms. The summed E-state index contributed by atoms with van der Waals surface area (Å²) in [5.41, 5.74) is 1.79. The quantitative estimate of drug-likeness (QED) is 0.360. The van der Waals surface area contributed by atoms with E-state index in [0.717, 1.165) is 17.0 Å². The van der Waals surface area contributed by atoms with Crippen molar-refractivity contribution >= 4 is 34.4 Å². The van der Waals surface area contributed by atoms with E-state index >= 15 is 0 Å². The van der Waals surface area contributed by atoms with E-state index in [1.165, 1.54) is 0 Å². The average molecular weight is 334 g/mol. The van der Waals surface area contributed by atoms with Crippen LogP contribution in [0.5, 0.6) is 5.75 Å². The van der Waals surface area contributed by atoms with Crippen molar-refractivity contribution in [1.29, 1.82) is 0 Å². The molecule has 0 aliphatic rings. The lowest BCUT2D eigenvalue weighted by Crippen LogP contribution is -2.05. The van der Waals surface area contributed by atoms with E-state index in [2.05, 4.69) is 5.32 Å². The summed E-state index contributed by atoms with van der Waals surface area (Å²) < 4.78 is 10.5. The number of anilines is 1. The minimum absolute atomic E-state index is 0.558. The van der Waals surface area contributed by atoms with Crippen molar-refractivity contribution < 1.29 is 9.47 Å². The summed E-state index contributed by atoms with van der Waals surface area (Å²) in [6, 6.07) is 14.9. The number of benzene rings is 2. The molecule has 22 heavy (non-hydrogen) atoms. The molecule has 1 N–H and O–H groups in total. The zero-order chi connectivity index (χ0) is 15.9. The van der Waals surface area contributed by atoms with Crippen LogP contribution in [0.3, 0.4) is 0 Å². The lowest BCUT2D eigenvalue weighted by Gasteiger charge is -2.10. The topological polar surface area (TPSA) is 30.5 Å². The molecular weight excluding hydrogens is 318 g/mol. The van der Waals surface area contributed by atoms with Crippen LogP contribution in [0.25, 0.3) is 0 Å². The van der Waals surface area contributed by atoms with Crippen molar-refractivity contribution in [2.45, 2.75) is 0 Å². The Labute approximate surface area is 140 Å². The number of methoxy groups -OCH3 is 2. The van der Waals surface area contributed by atoms with Gasteiger partial charge in [0.05, 0.1) is 19.1 Å². The van der Waals surface area contributed by atoms with Gasteiger partial charge in [-0.2, -0.15) is 0 Å². The molecule has 0 saturated carbocycles. The van der Waals surface area contributed by atoms with Gasteiger partial charge in [0.15, 0.2) is 5.88 Å². The number of nitrogens with one attached hydrogen (secondary N) is 1. The summed E-state index contributed by atoms with van der Waals surface area (Å²) >= 11 is 11.3. The highest BCUT2D eigenvalue weighted by molar-refractivity contribution is 7.81. The number of hydrogen-bond donors (Lipinski definition) is 1. The van der Waals surface area contributed by atoms with E-state index in [1.54, 1.807) is 32.4 Å². The number of hydrogen-bond acceptors (Lipinski definition) is 4. The van der Waals surface area contributed by atoms with Gasteiger partial charge in [0, 0.05) is 16.8 Å². The van der Waals surface area contributed by atoms with Gasteiger partial charge < -0.3 is 14.8 Å². The number of rotatable bonds is 6. The third-order valence-corrected chi connectivity index (χ3v) is 3.57. The average Bonchev–Trinajstić information content (AvgIpc) is 2.56. The second-order valence-corrected chi connectivity index (χ2v) is 5.31. The van der Waals surface area contributed by atoms with Crippen molar-refractivity contribution in [3.8, 4) is 5.75 Å². The zero-order valence-corrected chi connectivity index (χ0v) is 13.9. The van der Waals surface area contributed by atoms with Gasteiger partial charge in [-0.25, -0.2) is 0 Å². The van der Waals surface area contributed by atoms with Crippen LogP contribution >= 0.6 is 23.8 Å². The van der Waals surface area contributed by atoms with Crippen LogP contribution in [0.15, 0.2) is 60.5 Å². The van der Waals surface area contributed by atoms with Crippen LogP contribution in [-0.4, -0.2) is 19.1 Å². The second-order valence-electron chi connectivity index (χ2n) is 4.44. The predicted octanol–water partition coefficient (Wildman–Crippen LogP) is 4.67. The van der Waals surface area contributed by atoms with Crippen molar-refractivity contribution in [3.05, 3.63) is 71.1 Å². The molecule has 0 aliphatic heterocycles. The number of allylic oxidation sites excluding steroid dienone is 1. The first-order valence-electron chi connectivity index (χ1n) is 6.59. The summed E-state index contributed by atoms with van der Waals surface area (Å²) in [4.78, 5) is 0.668. The maximum atomic E-state index is 5.87. The van der Waals surface area contributed by atoms with Crippen LogP contribution in [0.4, 0.5) is 5.69 Å². The molecule has 0 unspecified atom stereocenters. The molecule has 0 spiro atoms. The standard InChI is InChI=1S/C17H16ClNO2S/c1-20-15-9-3-12(4-10-15)16(22)11-17(21-2)19-14-7-5-13(18)6-8-14/h3-11,19H,1-2H3/b17-11+. The van der Waals surface area contributed by atoms with E-state index in [0.29, 0.717) is 15.8 Å². The molecule has 0 saturated heterocycles. The van der Waals surface area contributed by atoms with Crippen molar-refractivity contribution in [2.24, 2.45) is 0 Å². The molecule has 0 aliphatic carbocycles. The fourth-order valence-corrected chi connectivity index (χ4v) is 2.15.